The standard InChI is InChI=1S/C21H26N2O4/c1-15-7-5-10-19(11-15)27-14-20(24)23(16(2)21(25)22-3)13-17-8-6-9-18(12-17)26-4/h5-12,16H,13-14H2,1-4H3,(H,22,25)/t16-/m0/s1. The Morgan fingerprint density at radius 1 is 1.11 bits per heavy atom. The van der Waals surface area contributed by atoms with E-state index in [9.17, 15) is 9.59 Å². The Bertz CT molecular complexity index is 791. The molecule has 0 saturated carbocycles. The number of aryl methyl sites for hydroxylation is 1. The van der Waals surface area contributed by atoms with Crippen LogP contribution >= 0.6 is 0 Å². The first kappa shape index (κ1) is 20.3. The van der Waals surface area contributed by atoms with Crippen LogP contribution in [0.15, 0.2) is 48.5 Å². The van der Waals surface area contributed by atoms with E-state index in [0.29, 0.717) is 11.5 Å². The zero-order valence-corrected chi connectivity index (χ0v) is 16.2. The van der Waals surface area contributed by atoms with Gasteiger partial charge in [0.2, 0.25) is 5.91 Å². The van der Waals surface area contributed by atoms with Gasteiger partial charge in [0, 0.05) is 13.6 Å². The fraction of sp³-hybridized carbons (Fsp3) is 0.333. The summed E-state index contributed by atoms with van der Waals surface area (Å²) in [6, 6.07) is 14.3. The minimum atomic E-state index is -0.630. The third-order valence-corrected chi connectivity index (χ3v) is 4.25. The normalized spacial score (nSPS) is 11.4. The quantitative estimate of drug-likeness (QED) is 0.775. The van der Waals surface area contributed by atoms with Crippen molar-refractivity contribution in [3.63, 3.8) is 0 Å². The van der Waals surface area contributed by atoms with Crippen LogP contribution in [0, 0.1) is 6.92 Å². The summed E-state index contributed by atoms with van der Waals surface area (Å²) in [5.41, 5.74) is 1.92. The molecule has 6 nitrogen and oxygen atoms in total. The number of ether oxygens (including phenoxy) is 2. The number of nitrogens with one attached hydrogen (secondary N) is 1. The number of benzene rings is 2. The Balaban J connectivity index is 2.15. The predicted octanol–water partition coefficient (Wildman–Crippen LogP) is 2.55. The van der Waals surface area contributed by atoms with E-state index in [4.69, 9.17) is 9.47 Å². The molecule has 0 aliphatic rings. The summed E-state index contributed by atoms with van der Waals surface area (Å²) < 4.78 is 10.9. The van der Waals surface area contributed by atoms with Gasteiger partial charge in [-0.3, -0.25) is 9.59 Å². The molecule has 0 saturated heterocycles. The first-order valence-electron chi connectivity index (χ1n) is 8.78. The molecule has 0 spiro atoms. The van der Waals surface area contributed by atoms with Crippen LogP contribution in [-0.2, 0) is 16.1 Å². The van der Waals surface area contributed by atoms with Crippen LogP contribution in [0.1, 0.15) is 18.1 Å². The summed E-state index contributed by atoms with van der Waals surface area (Å²) in [4.78, 5) is 26.4. The molecular formula is C21H26N2O4. The Morgan fingerprint density at radius 2 is 1.81 bits per heavy atom. The molecule has 0 aliphatic carbocycles. The Labute approximate surface area is 160 Å². The molecule has 0 radical (unpaired) electrons. The minimum absolute atomic E-state index is 0.144. The van der Waals surface area contributed by atoms with E-state index in [2.05, 4.69) is 5.32 Å². The van der Waals surface area contributed by atoms with Gasteiger partial charge in [-0.15, -0.1) is 0 Å². The maximum absolute atomic E-state index is 12.8. The number of rotatable bonds is 8. The molecule has 1 N–H and O–H groups in total. The fourth-order valence-corrected chi connectivity index (χ4v) is 2.69. The smallest absolute Gasteiger partial charge is 0.261 e. The van der Waals surface area contributed by atoms with Gasteiger partial charge in [0.25, 0.3) is 5.91 Å². The summed E-state index contributed by atoms with van der Waals surface area (Å²) >= 11 is 0. The van der Waals surface area contributed by atoms with Crippen LogP contribution in [0.5, 0.6) is 11.5 Å². The van der Waals surface area contributed by atoms with Gasteiger partial charge in [0.1, 0.15) is 17.5 Å². The Kier molecular flexibility index (Phi) is 7.23. The van der Waals surface area contributed by atoms with E-state index < -0.39 is 6.04 Å². The van der Waals surface area contributed by atoms with Gasteiger partial charge in [0.05, 0.1) is 7.11 Å². The van der Waals surface area contributed by atoms with Crippen molar-refractivity contribution in [1.82, 2.24) is 10.2 Å². The van der Waals surface area contributed by atoms with Gasteiger partial charge in [-0.2, -0.15) is 0 Å². The average Bonchev–Trinajstić information content (AvgIpc) is 2.69. The first-order chi connectivity index (χ1) is 12.9. The van der Waals surface area contributed by atoms with Gasteiger partial charge >= 0.3 is 0 Å². The summed E-state index contributed by atoms with van der Waals surface area (Å²) in [5, 5.41) is 2.59. The topological polar surface area (TPSA) is 67.9 Å². The van der Waals surface area contributed by atoms with Crippen LogP contribution in [0.2, 0.25) is 0 Å². The number of hydrogen-bond acceptors (Lipinski definition) is 4. The van der Waals surface area contributed by atoms with Crippen LogP contribution in [-0.4, -0.2) is 43.5 Å². The maximum atomic E-state index is 12.8. The molecule has 0 aliphatic heterocycles. The van der Waals surface area contributed by atoms with Crippen LogP contribution in [0.3, 0.4) is 0 Å². The van der Waals surface area contributed by atoms with Crippen molar-refractivity contribution in [2.24, 2.45) is 0 Å². The van der Waals surface area contributed by atoms with E-state index in [1.54, 1.807) is 27.1 Å². The highest BCUT2D eigenvalue weighted by Gasteiger charge is 2.26. The number of carbonyl (C=O) groups is 2. The van der Waals surface area contributed by atoms with Crippen molar-refractivity contribution >= 4 is 11.8 Å². The van der Waals surface area contributed by atoms with Crippen LogP contribution in [0.25, 0.3) is 0 Å². The van der Waals surface area contributed by atoms with Crippen LogP contribution < -0.4 is 14.8 Å². The van der Waals surface area contributed by atoms with Crippen molar-refractivity contribution in [3.8, 4) is 11.5 Å². The number of likely N-dealkylation sites (N-methyl/N-ethyl adjacent to an activating group) is 1. The van der Waals surface area contributed by atoms with E-state index in [-0.39, 0.29) is 25.0 Å². The second-order valence-electron chi connectivity index (χ2n) is 6.27. The molecule has 0 fully saturated rings. The van der Waals surface area contributed by atoms with Crippen molar-refractivity contribution in [2.45, 2.75) is 26.4 Å². The first-order valence-corrected chi connectivity index (χ1v) is 8.78. The molecule has 0 bridgehead atoms. The zero-order chi connectivity index (χ0) is 19.8. The summed E-state index contributed by atoms with van der Waals surface area (Å²) in [5.74, 6) is 0.818. The molecule has 144 valence electrons. The third kappa shape index (κ3) is 5.74. The lowest BCUT2D eigenvalue weighted by atomic mass is 10.1. The minimum Gasteiger partial charge on any atom is -0.497 e. The largest absolute Gasteiger partial charge is 0.497 e. The van der Waals surface area contributed by atoms with E-state index >= 15 is 0 Å². The lowest BCUT2D eigenvalue weighted by Gasteiger charge is -2.28. The number of nitrogens with zero attached hydrogens (tertiary/aromatic N) is 1. The number of hydrogen-bond donors (Lipinski definition) is 1. The summed E-state index contributed by atoms with van der Waals surface area (Å²) in [6.07, 6.45) is 0. The lowest BCUT2D eigenvalue weighted by Crippen LogP contribution is -2.48. The molecule has 2 aromatic rings. The van der Waals surface area contributed by atoms with Crippen molar-refractivity contribution in [2.75, 3.05) is 20.8 Å². The third-order valence-electron chi connectivity index (χ3n) is 4.25. The van der Waals surface area contributed by atoms with Gasteiger partial charge < -0.3 is 19.7 Å². The monoisotopic (exact) mass is 370 g/mol. The second-order valence-corrected chi connectivity index (χ2v) is 6.27. The fourth-order valence-electron chi connectivity index (χ4n) is 2.69. The predicted molar refractivity (Wildman–Crippen MR) is 104 cm³/mol. The molecule has 1 atom stereocenters. The van der Waals surface area contributed by atoms with E-state index in [1.807, 2.05) is 49.4 Å². The molecule has 0 heterocycles. The molecular weight excluding hydrogens is 344 g/mol. The highest BCUT2D eigenvalue weighted by Crippen LogP contribution is 2.17. The van der Waals surface area contributed by atoms with Crippen molar-refractivity contribution in [1.29, 1.82) is 0 Å². The van der Waals surface area contributed by atoms with E-state index in [1.165, 1.54) is 4.90 Å². The van der Waals surface area contributed by atoms with Gasteiger partial charge in [-0.05, 0) is 49.2 Å². The van der Waals surface area contributed by atoms with Gasteiger partial charge in [-0.1, -0.05) is 24.3 Å². The van der Waals surface area contributed by atoms with Gasteiger partial charge in [0.15, 0.2) is 6.61 Å². The SMILES string of the molecule is CNC(=O)[C@H](C)N(Cc1cccc(OC)c1)C(=O)COc1cccc(C)c1. The molecule has 2 amide bonds. The van der Waals surface area contributed by atoms with Crippen LogP contribution in [0.4, 0.5) is 0 Å². The molecule has 2 rings (SSSR count). The zero-order valence-electron chi connectivity index (χ0n) is 16.2. The van der Waals surface area contributed by atoms with Gasteiger partial charge in [-0.25, -0.2) is 0 Å². The molecule has 0 aromatic heterocycles. The number of methoxy groups -OCH3 is 1. The summed E-state index contributed by atoms with van der Waals surface area (Å²) in [6.45, 7) is 3.79. The number of amides is 2. The molecule has 27 heavy (non-hydrogen) atoms. The highest BCUT2D eigenvalue weighted by molar-refractivity contribution is 5.87. The highest BCUT2D eigenvalue weighted by atomic mass is 16.5. The second kappa shape index (κ2) is 9.62. The van der Waals surface area contributed by atoms with Crippen molar-refractivity contribution < 1.29 is 19.1 Å². The van der Waals surface area contributed by atoms with E-state index in [0.717, 1.165) is 11.1 Å². The summed E-state index contributed by atoms with van der Waals surface area (Å²) in [7, 11) is 3.14. The molecule has 6 heteroatoms. The van der Waals surface area contributed by atoms with Crippen molar-refractivity contribution in [3.05, 3.63) is 59.7 Å². The molecule has 0 unspecified atom stereocenters. The lowest BCUT2D eigenvalue weighted by molar-refractivity contribution is -0.142. The Hall–Kier alpha value is -3.02. The average molecular weight is 370 g/mol. The molecule has 2 aromatic carbocycles. The maximum Gasteiger partial charge on any atom is 0.261 e. The number of carbonyl (C=O) groups excluding carboxylic acids is 2. The Morgan fingerprint density at radius 3 is 2.48 bits per heavy atom.